The molecule has 0 aromatic heterocycles. The van der Waals surface area contributed by atoms with Gasteiger partial charge in [0.15, 0.2) is 0 Å². The molecule has 0 N–H and O–H groups in total. The third-order valence-corrected chi connectivity index (χ3v) is 3.89. The first-order valence-corrected chi connectivity index (χ1v) is 6.59. The average molecular weight is 238 g/mol. The molecule has 1 aromatic carbocycles. The van der Waals surface area contributed by atoms with Gasteiger partial charge in [0.05, 0.1) is 0 Å². The van der Waals surface area contributed by atoms with E-state index in [-0.39, 0.29) is 0 Å². The Hall–Kier alpha value is -0.530. The number of halogens is 1. The summed E-state index contributed by atoms with van der Waals surface area (Å²) in [7, 11) is 0. The minimum absolute atomic E-state index is 0.332. The quantitative estimate of drug-likeness (QED) is 0.727. The van der Waals surface area contributed by atoms with Crippen molar-refractivity contribution in [1.29, 1.82) is 0 Å². The van der Waals surface area contributed by atoms with Gasteiger partial charge in [-0.1, -0.05) is 30.3 Å². The van der Waals surface area contributed by atoms with Crippen molar-refractivity contribution >= 4 is 11.6 Å². The Morgan fingerprint density at radius 2 is 1.88 bits per heavy atom. The molecular formula is C14H20ClN. The molecule has 0 bridgehead atoms. The minimum atomic E-state index is 0.332. The van der Waals surface area contributed by atoms with Crippen molar-refractivity contribution in [1.82, 2.24) is 4.90 Å². The molecule has 0 spiro atoms. The van der Waals surface area contributed by atoms with Crippen LogP contribution < -0.4 is 0 Å². The molecule has 0 amide bonds. The van der Waals surface area contributed by atoms with Crippen molar-refractivity contribution < 1.29 is 0 Å². The van der Waals surface area contributed by atoms with E-state index in [0.717, 1.165) is 6.54 Å². The lowest BCUT2D eigenvalue weighted by molar-refractivity contribution is 0.176. The molecule has 1 heterocycles. The maximum Gasteiger partial charge on any atom is 0.0337 e. The lowest BCUT2D eigenvalue weighted by Gasteiger charge is -2.33. The molecule has 0 radical (unpaired) electrons. The SMILES string of the molecule is CC(Cl)C1CCN(Cc2ccccc2)CC1. The molecular weight excluding hydrogens is 218 g/mol. The van der Waals surface area contributed by atoms with E-state index < -0.39 is 0 Å². The predicted molar refractivity (Wildman–Crippen MR) is 69.8 cm³/mol. The van der Waals surface area contributed by atoms with Crippen LogP contribution >= 0.6 is 11.6 Å². The van der Waals surface area contributed by atoms with Crippen LogP contribution in [0.25, 0.3) is 0 Å². The van der Waals surface area contributed by atoms with Crippen LogP contribution in [0.15, 0.2) is 30.3 Å². The number of benzene rings is 1. The average Bonchev–Trinajstić information content (AvgIpc) is 2.31. The molecule has 1 saturated heterocycles. The fourth-order valence-corrected chi connectivity index (χ4v) is 2.66. The van der Waals surface area contributed by atoms with Crippen LogP contribution in [-0.2, 0) is 6.54 Å². The van der Waals surface area contributed by atoms with Gasteiger partial charge in [-0.15, -0.1) is 11.6 Å². The fraction of sp³-hybridized carbons (Fsp3) is 0.571. The van der Waals surface area contributed by atoms with E-state index in [0.29, 0.717) is 11.3 Å². The standard InChI is InChI=1S/C14H20ClN/c1-12(15)14-7-9-16(10-8-14)11-13-5-3-2-4-6-13/h2-6,12,14H,7-11H2,1H3. The molecule has 1 fully saturated rings. The second-order valence-electron chi connectivity index (χ2n) is 4.78. The second kappa shape index (κ2) is 5.70. The first-order valence-electron chi connectivity index (χ1n) is 6.16. The van der Waals surface area contributed by atoms with E-state index in [4.69, 9.17) is 11.6 Å². The van der Waals surface area contributed by atoms with Crippen LogP contribution in [0, 0.1) is 5.92 Å². The number of alkyl halides is 1. The van der Waals surface area contributed by atoms with Gasteiger partial charge >= 0.3 is 0 Å². The third-order valence-electron chi connectivity index (χ3n) is 3.53. The van der Waals surface area contributed by atoms with Crippen LogP contribution in [0.4, 0.5) is 0 Å². The normalized spacial score (nSPS) is 20.9. The highest BCUT2D eigenvalue weighted by Crippen LogP contribution is 2.24. The molecule has 88 valence electrons. The summed E-state index contributed by atoms with van der Waals surface area (Å²) in [5, 5.41) is 0.332. The minimum Gasteiger partial charge on any atom is -0.299 e. The van der Waals surface area contributed by atoms with Gasteiger partial charge in [-0.25, -0.2) is 0 Å². The number of hydrogen-bond donors (Lipinski definition) is 0. The third kappa shape index (κ3) is 3.23. The Balaban J connectivity index is 1.82. The van der Waals surface area contributed by atoms with E-state index in [9.17, 15) is 0 Å². The fourth-order valence-electron chi connectivity index (χ4n) is 2.41. The molecule has 1 aliphatic rings. The first kappa shape index (κ1) is 11.9. The topological polar surface area (TPSA) is 3.24 Å². The number of hydrogen-bond acceptors (Lipinski definition) is 1. The Morgan fingerprint density at radius 3 is 2.44 bits per heavy atom. The molecule has 1 aliphatic heterocycles. The highest BCUT2D eigenvalue weighted by molar-refractivity contribution is 6.20. The van der Waals surface area contributed by atoms with Crippen LogP contribution in [0.3, 0.4) is 0 Å². The van der Waals surface area contributed by atoms with Crippen LogP contribution in [0.1, 0.15) is 25.3 Å². The zero-order chi connectivity index (χ0) is 11.4. The van der Waals surface area contributed by atoms with Crippen molar-refractivity contribution in [2.24, 2.45) is 5.92 Å². The zero-order valence-electron chi connectivity index (χ0n) is 9.90. The smallest absolute Gasteiger partial charge is 0.0337 e. The molecule has 16 heavy (non-hydrogen) atoms. The number of rotatable bonds is 3. The Labute approximate surface area is 103 Å². The van der Waals surface area contributed by atoms with E-state index >= 15 is 0 Å². The highest BCUT2D eigenvalue weighted by Gasteiger charge is 2.22. The lowest BCUT2D eigenvalue weighted by atomic mass is 9.94. The molecule has 1 atom stereocenters. The van der Waals surface area contributed by atoms with Gasteiger partial charge in [-0.3, -0.25) is 4.90 Å². The molecule has 1 unspecified atom stereocenters. The summed E-state index contributed by atoms with van der Waals surface area (Å²) < 4.78 is 0. The number of piperidine rings is 1. The van der Waals surface area contributed by atoms with E-state index in [1.54, 1.807) is 0 Å². The summed E-state index contributed by atoms with van der Waals surface area (Å²) >= 11 is 6.15. The van der Waals surface area contributed by atoms with Gasteiger partial charge in [0, 0.05) is 11.9 Å². The highest BCUT2D eigenvalue weighted by atomic mass is 35.5. The van der Waals surface area contributed by atoms with Crippen LogP contribution in [0.5, 0.6) is 0 Å². The summed E-state index contributed by atoms with van der Waals surface area (Å²) in [5.74, 6) is 0.716. The largest absolute Gasteiger partial charge is 0.299 e. The maximum atomic E-state index is 6.15. The Morgan fingerprint density at radius 1 is 1.25 bits per heavy atom. The molecule has 0 aliphatic carbocycles. The summed E-state index contributed by atoms with van der Waals surface area (Å²) in [6.07, 6.45) is 2.50. The second-order valence-corrected chi connectivity index (χ2v) is 5.47. The van der Waals surface area contributed by atoms with Gasteiger partial charge in [-0.2, -0.15) is 0 Å². The first-order chi connectivity index (χ1) is 7.75. The maximum absolute atomic E-state index is 6.15. The Bertz CT molecular complexity index is 302. The van der Waals surface area contributed by atoms with Crippen molar-refractivity contribution in [3.63, 3.8) is 0 Å². The number of likely N-dealkylation sites (tertiary alicyclic amines) is 1. The van der Waals surface area contributed by atoms with E-state index in [1.807, 2.05) is 0 Å². The van der Waals surface area contributed by atoms with E-state index in [2.05, 4.69) is 42.2 Å². The Kier molecular flexibility index (Phi) is 4.25. The van der Waals surface area contributed by atoms with Crippen molar-refractivity contribution in [2.75, 3.05) is 13.1 Å². The zero-order valence-corrected chi connectivity index (χ0v) is 10.7. The monoisotopic (exact) mass is 237 g/mol. The van der Waals surface area contributed by atoms with Gasteiger partial charge < -0.3 is 0 Å². The molecule has 2 rings (SSSR count). The van der Waals surface area contributed by atoms with Crippen molar-refractivity contribution in [3.05, 3.63) is 35.9 Å². The summed E-state index contributed by atoms with van der Waals surface area (Å²) in [5.41, 5.74) is 1.42. The van der Waals surface area contributed by atoms with Crippen molar-refractivity contribution in [2.45, 2.75) is 31.7 Å². The number of nitrogens with zero attached hydrogens (tertiary/aromatic N) is 1. The molecule has 2 heteroatoms. The lowest BCUT2D eigenvalue weighted by Crippen LogP contribution is -2.35. The van der Waals surface area contributed by atoms with Gasteiger partial charge in [0.2, 0.25) is 0 Å². The molecule has 1 aromatic rings. The van der Waals surface area contributed by atoms with Gasteiger partial charge in [-0.05, 0) is 44.3 Å². The predicted octanol–water partition coefficient (Wildman–Crippen LogP) is 3.53. The van der Waals surface area contributed by atoms with Crippen LogP contribution in [-0.4, -0.2) is 23.4 Å². The summed E-state index contributed by atoms with van der Waals surface area (Å²) in [6, 6.07) is 10.7. The van der Waals surface area contributed by atoms with Gasteiger partial charge in [0.1, 0.15) is 0 Å². The van der Waals surface area contributed by atoms with Crippen molar-refractivity contribution in [3.8, 4) is 0 Å². The molecule has 1 nitrogen and oxygen atoms in total. The van der Waals surface area contributed by atoms with Gasteiger partial charge in [0.25, 0.3) is 0 Å². The summed E-state index contributed by atoms with van der Waals surface area (Å²) in [6.45, 7) is 5.59. The van der Waals surface area contributed by atoms with Crippen LogP contribution in [0.2, 0.25) is 0 Å². The van der Waals surface area contributed by atoms with E-state index in [1.165, 1.54) is 31.5 Å². The molecule has 0 saturated carbocycles. The summed E-state index contributed by atoms with van der Waals surface area (Å²) in [4.78, 5) is 2.53.